The molecule has 2 aliphatic rings. The van der Waals surface area contributed by atoms with Gasteiger partial charge in [-0.25, -0.2) is 9.78 Å². The molecular formula is C44H43N7O7S. The van der Waals surface area contributed by atoms with E-state index >= 15 is 0 Å². The molecule has 0 radical (unpaired) electrons. The number of rotatable bonds is 12. The van der Waals surface area contributed by atoms with E-state index in [2.05, 4.69) is 39.2 Å². The van der Waals surface area contributed by atoms with E-state index < -0.39 is 11.9 Å². The maximum Gasteiger partial charge on any atom is 0.329 e. The topological polar surface area (TPSA) is 175 Å². The summed E-state index contributed by atoms with van der Waals surface area (Å²) in [6.45, 7) is 3.97. The van der Waals surface area contributed by atoms with E-state index in [1.807, 2.05) is 67.6 Å². The Morgan fingerprint density at radius 1 is 0.983 bits per heavy atom. The molecule has 14 nitrogen and oxygen atoms in total. The van der Waals surface area contributed by atoms with Crippen molar-refractivity contribution in [1.82, 2.24) is 30.1 Å². The number of fused-ring (bicyclic) bond motifs is 6. The number of hydrogen-bond acceptors (Lipinski definition) is 10. The van der Waals surface area contributed by atoms with Crippen LogP contribution in [-0.2, 0) is 37.3 Å². The first-order valence-corrected chi connectivity index (χ1v) is 20.4. The second-order valence-electron chi connectivity index (χ2n) is 14.7. The van der Waals surface area contributed by atoms with Gasteiger partial charge in [-0.3, -0.25) is 33.6 Å². The lowest BCUT2D eigenvalue weighted by Crippen LogP contribution is -2.44. The molecule has 0 bridgehead atoms. The minimum absolute atomic E-state index is 0.0442. The average molecular weight is 814 g/mol. The molecule has 5 heterocycles. The molecule has 4 amide bonds. The zero-order valence-electron chi connectivity index (χ0n) is 32.7. The molecule has 6 aromatic rings. The molecule has 3 aromatic carbocycles. The Kier molecular flexibility index (Phi) is 11.5. The van der Waals surface area contributed by atoms with Crippen LogP contribution in [0.1, 0.15) is 53.0 Å². The van der Waals surface area contributed by atoms with E-state index in [4.69, 9.17) is 14.5 Å². The molecule has 1 fully saturated rings. The summed E-state index contributed by atoms with van der Waals surface area (Å²) in [5, 5.41) is 13.7. The summed E-state index contributed by atoms with van der Waals surface area (Å²) in [4.78, 5) is 67.7. The summed E-state index contributed by atoms with van der Waals surface area (Å²) in [6, 6.07) is 21.0. The van der Waals surface area contributed by atoms with Crippen molar-refractivity contribution in [2.75, 3.05) is 44.8 Å². The third-order valence-electron chi connectivity index (χ3n) is 10.5. The maximum atomic E-state index is 13.0. The molecule has 15 heteroatoms. The summed E-state index contributed by atoms with van der Waals surface area (Å²) in [7, 11) is 1.66. The van der Waals surface area contributed by atoms with Crippen LogP contribution in [0.4, 0.5) is 5.69 Å². The number of nitrogens with one attached hydrogen (secondary N) is 4. The van der Waals surface area contributed by atoms with E-state index in [0.717, 1.165) is 49.1 Å². The number of aromatic nitrogens is 3. The predicted octanol–water partition coefficient (Wildman–Crippen LogP) is 4.43. The highest BCUT2D eigenvalue weighted by Gasteiger charge is 2.31. The van der Waals surface area contributed by atoms with Crippen LogP contribution in [0.25, 0.3) is 43.3 Å². The van der Waals surface area contributed by atoms with Crippen LogP contribution in [0, 0.1) is 11.8 Å². The number of thiophene rings is 1. The van der Waals surface area contributed by atoms with Crippen LogP contribution in [0.15, 0.2) is 71.5 Å². The minimum atomic E-state index is -0.724. The van der Waals surface area contributed by atoms with Gasteiger partial charge in [0.05, 0.1) is 47.8 Å². The van der Waals surface area contributed by atoms with E-state index in [1.54, 1.807) is 7.05 Å². The van der Waals surface area contributed by atoms with Crippen LogP contribution in [-0.4, -0.2) is 83.3 Å². The Labute approximate surface area is 343 Å². The Balaban J connectivity index is 0.742. The lowest BCUT2D eigenvalue weighted by Gasteiger charge is -2.21. The van der Waals surface area contributed by atoms with Crippen LogP contribution in [0.5, 0.6) is 0 Å². The Hall–Kier alpha value is -6.34. The molecule has 1 unspecified atom stereocenters. The largest absolute Gasteiger partial charge is 0.381 e. The fourth-order valence-electron chi connectivity index (χ4n) is 7.46. The molecule has 0 aliphatic carbocycles. The second-order valence-corrected chi connectivity index (χ2v) is 15.7. The number of pyridine rings is 1. The molecule has 3 aromatic heterocycles. The molecule has 0 saturated carbocycles. The Morgan fingerprint density at radius 3 is 2.64 bits per heavy atom. The van der Waals surface area contributed by atoms with Gasteiger partial charge in [-0.15, -0.1) is 11.3 Å². The van der Waals surface area contributed by atoms with E-state index in [0.29, 0.717) is 55.1 Å². The molecule has 1 saturated heterocycles. The summed E-state index contributed by atoms with van der Waals surface area (Å²) in [5.41, 5.74) is 6.41. The first kappa shape index (κ1) is 39.5. The minimum Gasteiger partial charge on any atom is -0.381 e. The third kappa shape index (κ3) is 8.47. The van der Waals surface area contributed by atoms with Crippen molar-refractivity contribution in [2.24, 2.45) is 7.05 Å². The normalized spacial score (nSPS) is 16.5. The van der Waals surface area contributed by atoms with Gasteiger partial charge in [0, 0.05) is 65.6 Å². The van der Waals surface area contributed by atoms with Crippen LogP contribution in [0.2, 0.25) is 0 Å². The van der Waals surface area contributed by atoms with Crippen molar-refractivity contribution in [3.63, 3.8) is 0 Å². The number of ether oxygens (including phenoxy) is 2. The van der Waals surface area contributed by atoms with Crippen molar-refractivity contribution in [2.45, 2.75) is 44.7 Å². The molecule has 0 spiro atoms. The monoisotopic (exact) mass is 813 g/mol. The number of piperidine rings is 1. The zero-order chi connectivity index (χ0) is 41.0. The summed E-state index contributed by atoms with van der Waals surface area (Å²) in [5.74, 6) is 5.20. The number of aryl methyl sites for hydroxylation is 1. The average Bonchev–Trinajstić information content (AvgIpc) is 3.68. The number of imidazole rings is 1. The van der Waals surface area contributed by atoms with Crippen LogP contribution >= 0.6 is 11.3 Å². The summed E-state index contributed by atoms with van der Waals surface area (Å²) >= 11 is 1.50. The number of hydrogen-bond donors (Lipinski definition) is 4. The van der Waals surface area contributed by atoms with Gasteiger partial charge in [-0.05, 0) is 73.9 Å². The third-order valence-corrected chi connectivity index (χ3v) is 11.6. The molecule has 4 N–H and O–H groups in total. The molecule has 59 heavy (non-hydrogen) atoms. The smallest absolute Gasteiger partial charge is 0.329 e. The fourth-order valence-corrected chi connectivity index (χ4v) is 8.56. The number of benzene rings is 3. The zero-order valence-corrected chi connectivity index (χ0v) is 33.5. The SMILES string of the molecule is C[C@@H]1CNc2c(sc3ccc4nc(-c5ccc(C#CCCNC(=O)COCCOCCc6ccc7c(c6)n(C)c(=O)n7C6CCC(=O)NC6=O)cc5)ccc4c23)C(=O)N1. The number of imide groups is 1. The number of anilines is 1. The van der Waals surface area contributed by atoms with Crippen molar-refractivity contribution < 1.29 is 28.7 Å². The van der Waals surface area contributed by atoms with Gasteiger partial charge in [0.2, 0.25) is 17.7 Å². The first-order valence-electron chi connectivity index (χ1n) is 19.6. The molecule has 8 rings (SSSR count). The maximum absolute atomic E-state index is 13.0. The summed E-state index contributed by atoms with van der Waals surface area (Å²) < 4.78 is 15.2. The quantitative estimate of drug-likeness (QED) is 0.0793. The Morgan fingerprint density at radius 2 is 1.81 bits per heavy atom. The van der Waals surface area contributed by atoms with Crippen molar-refractivity contribution >= 4 is 72.7 Å². The fraction of sp³-hybridized carbons (Fsp3) is 0.318. The number of amides is 4. The van der Waals surface area contributed by atoms with Gasteiger partial charge in [0.1, 0.15) is 17.5 Å². The summed E-state index contributed by atoms with van der Waals surface area (Å²) in [6.07, 6.45) is 1.56. The molecule has 302 valence electrons. The van der Waals surface area contributed by atoms with E-state index in [9.17, 15) is 24.0 Å². The highest BCUT2D eigenvalue weighted by atomic mass is 32.1. The molecule has 2 atom stereocenters. The van der Waals surface area contributed by atoms with E-state index in [1.165, 1.54) is 20.5 Å². The molecule has 2 aliphatic heterocycles. The predicted molar refractivity (Wildman–Crippen MR) is 226 cm³/mol. The van der Waals surface area contributed by atoms with E-state index in [-0.39, 0.29) is 55.5 Å². The standard InChI is InChI=1S/C44H43N7O7S/c1-26-24-46-40-39-30-11-12-31(48-32(30)13-16-36(39)59-41(40)43(55)47-26)29-9-6-27(7-10-29)5-3-4-19-45-38(53)25-58-22-21-57-20-18-28-8-14-33-35(23-28)50(2)44(56)51(33)34-15-17-37(52)49-42(34)54/h6-14,16,23,26,34,46H,4,15,17-22,24-25H2,1-2H3,(H,45,53)(H,47,55)(H,49,52,54)/t26-,34?/m1/s1. The van der Waals surface area contributed by atoms with Crippen molar-refractivity contribution in [3.05, 3.63) is 93.2 Å². The lowest BCUT2D eigenvalue weighted by atomic mass is 10.0. The van der Waals surface area contributed by atoms with Gasteiger partial charge in [0.15, 0.2) is 0 Å². The van der Waals surface area contributed by atoms with Gasteiger partial charge < -0.3 is 25.4 Å². The lowest BCUT2D eigenvalue weighted by molar-refractivity contribution is -0.135. The van der Waals surface area contributed by atoms with Gasteiger partial charge in [0.25, 0.3) is 5.91 Å². The second kappa shape index (κ2) is 17.3. The van der Waals surface area contributed by atoms with Gasteiger partial charge >= 0.3 is 5.69 Å². The highest BCUT2D eigenvalue weighted by molar-refractivity contribution is 7.21. The highest BCUT2D eigenvalue weighted by Crippen LogP contribution is 2.41. The Bertz CT molecular complexity index is 2740. The molecular weight excluding hydrogens is 771 g/mol. The van der Waals surface area contributed by atoms with Crippen LogP contribution < -0.4 is 27.0 Å². The number of carbonyl (C=O) groups is 4. The first-order chi connectivity index (χ1) is 28.6. The number of nitrogens with zero attached hydrogens (tertiary/aromatic N) is 3. The van der Waals surface area contributed by atoms with Crippen LogP contribution in [0.3, 0.4) is 0 Å². The van der Waals surface area contributed by atoms with Crippen molar-refractivity contribution in [1.29, 1.82) is 0 Å². The number of carbonyl (C=O) groups excluding carboxylic acids is 4. The van der Waals surface area contributed by atoms with Crippen molar-refractivity contribution in [3.8, 4) is 23.1 Å². The van der Waals surface area contributed by atoms with Gasteiger partial charge in [-0.1, -0.05) is 30.0 Å². The van der Waals surface area contributed by atoms with Gasteiger partial charge in [-0.2, -0.15) is 0 Å².